The molecule has 2 aromatic rings. The first-order valence-corrected chi connectivity index (χ1v) is 12.7. The van der Waals surface area contributed by atoms with Crippen LogP contribution in [0.1, 0.15) is 29.6 Å². The Kier molecular flexibility index (Phi) is 7.27. The zero-order valence-electron chi connectivity index (χ0n) is 17.4. The van der Waals surface area contributed by atoms with Gasteiger partial charge in [-0.15, -0.1) is 0 Å². The minimum atomic E-state index is -3.72. The van der Waals surface area contributed by atoms with Crippen LogP contribution in [0, 0.1) is 0 Å². The topological polar surface area (TPSA) is 76.2 Å². The molecule has 2 aliphatic rings. The summed E-state index contributed by atoms with van der Waals surface area (Å²) >= 11 is 12.2. The molecule has 2 saturated heterocycles. The molecular formula is C22H24Cl2N2O5S. The van der Waals surface area contributed by atoms with Crippen molar-refractivity contribution in [1.82, 2.24) is 4.31 Å². The summed E-state index contributed by atoms with van der Waals surface area (Å²) in [4.78, 5) is 15.3. The van der Waals surface area contributed by atoms with Gasteiger partial charge in [0.15, 0.2) is 5.75 Å². The molecule has 172 valence electrons. The molecule has 0 saturated carbocycles. The van der Waals surface area contributed by atoms with Crippen molar-refractivity contribution in [3.05, 3.63) is 52.0 Å². The Morgan fingerprint density at radius 3 is 2.41 bits per heavy atom. The molecule has 0 aliphatic carbocycles. The van der Waals surface area contributed by atoms with E-state index < -0.39 is 16.0 Å². The summed E-state index contributed by atoms with van der Waals surface area (Å²) in [6.07, 6.45) is 2.67. The fraction of sp³-hybridized carbons (Fsp3) is 0.409. The Hall–Kier alpha value is -1.84. The summed E-state index contributed by atoms with van der Waals surface area (Å²) in [6.45, 7) is 3.15. The molecule has 2 aliphatic heterocycles. The molecule has 0 N–H and O–H groups in total. The van der Waals surface area contributed by atoms with E-state index in [1.165, 1.54) is 16.4 Å². The van der Waals surface area contributed by atoms with Gasteiger partial charge in [0.05, 0.1) is 34.4 Å². The van der Waals surface area contributed by atoms with Crippen LogP contribution in [0.5, 0.6) is 5.75 Å². The Bertz CT molecular complexity index is 1100. The number of sulfonamides is 1. The third kappa shape index (κ3) is 4.89. The number of halogens is 2. The maximum Gasteiger partial charge on any atom is 0.345 e. The van der Waals surface area contributed by atoms with E-state index in [1.807, 2.05) is 4.90 Å². The lowest BCUT2D eigenvalue weighted by atomic mass is 10.1. The molecule has 10 heteroatoms. The Morgan fingerprint density at radius 1 is 0.969 bits per heavy atom. The van der Waals surface area contributed by atoms with E-state index in [0.29, 0.717) is 45.1 Å². The lowest BCUT2D eigenvalue weighted by Gasteiger charge is -2.31. The number of hydrogen-bond acceptors (Lipinski definition) is 6. The molecule has 0 atom stereocenters. The quantitative estimate of drug-likeness (QED) is 0.453. The van der Waals surface area contributed by atoms with E-state index in [-0.39, 0.29) is 26.3 Å². The van der Waals surface area contributed by atoms with E-state index in [1.54, 1.807) is 24.3 Å². The van der Waals surface area contributed by atoms with E-state index in [4.69, 9.17) is 32.7 Å². The lowest BCUT2D eigenvalue weighted by molar-refractivity contribution is 0.0734. The van der Waals surface area contributed by atoms with Gasteiger partial charge in [0.1, 0.15) is 5.02 Å². The Labute approximate surface area is 197 Å². The molecule has 0 bridgehead atoms. The minimum absolute atomic E-state index is 0.0700. The summed E-state index contributed by atoms with van der Waals surface area (Å²) in [7, 11) is -3.72. The van der Waals surface area contributed by atoms with E-state index in [0.717, 1.165) is 19.3 Å². The van der Waals surface area contributed by atoms with Gasteiger partial charge in [0.25, 0.3) is 0 Å². The molecule has 32 heavy (non-hydrogen) atoms. The number of ether oxygens (including phenoxy) is 2. The zero-order chi connectivity index (χ0) is 22.7. The van der Waals surface area contributed by atoms with E-state index >= 15 is 0 Å². The standard InChI is InChI=1S/C22H24Cl2N2O5S/c23-18-5-4-6-20(21(18)24)31-22(27)17-15-16(32(28,29)26-9-2-1-3-10-26)7-8-19(17)25-11-13-30-14-12-25/h4-8,15H,1-3,9-14H2. The van der Waals surface area contributed by atoms with Crippen molar-refractivity contribution >= 4 is 44.9 Å². The van der Waals surface area contributed by atoms with Gasteiger partial charge in [-0.25, -0.2) is 13.2 Å². The van der Waals surface area contributed by atoms with Crippen molar-refractivity contribution in [2.24, 2.45) is 0 Å². The number of piperidine rings is 1. The maximum atomic E-state index is 13.2. The minimum Gasteiger partial charge on any atom is -0.421 e. The van der Waals surface area contributed by atoms with Gasteiger partial charge >= 0.3 is 5.97 Å². The molecular weight excluding hydrogens is 475 g/mol. The van der Waals surface area contributed by atoms with Crippen LogP contribution < -0.4 is 9.64 Å². The zero-order valence-corrected chi connectivity index (χ0v) is 19.8. The first kappa shape index (κ1) is 23.3. The summed E-state index contributed by atoms with van der Waals surface area (Å²) in [5, 5.41) is 0.374. The molecule has 0 spiro atoms. The Balaban J connectivity index is 1.72. The highest BCUT2D eigenvalue weighted by Gasteiger charge is 2.29. The second-order valence-electron chi connectivity index (χ2n) is 7.68. The van der Waals surface area contributed by atoms with E-state index in [2.05, 4.69) is 0 Å². The van der Waals surface area contributed by atoms with Gasteiger partial charge < -0.3 is 14.4 Å². The third-order valence-electron chi connectivity index (χ3n) is 5.61. The van der Waals surface area contributed by atoms with Crippen LogP contribution in [0.3, 0.4) is 0 Å². The second kappa shape index (κ2) is 9.97. The summed E-state index contributed by atoms with van der Waals surface area (Å²) in [5.41, 5.74) is 0.745. The summed E-state index contributed by atoms with van der Waals surface area (Å²) in [5.74, 6) is -0.590. The molecule has 0 amide bonds. The number of carbonyl (C=O) groups is 1. The van der Waals surface area contributed by atoms with Crippen molar-refractivity contribution in [3.8, 4) is 5.75 Å². The SMILES string of the molecule is O=C(Oc1cccc(Cl)c1Cl)c1cc(S(=O)(=O)N2CCCCC2)ccc1N1CCOCC1. The molecule has 0 unspecified atom stereocenters. The fourth-order valence-corrected chi connectivity index (χ4v) is 5.77. The number of anilines is 1. The predicted molar refractivity (Wildman–Crippen MR) is 124 cm³/mol. The van der Waals surface area contributed by atoms with Gasteiger partial charge in [0.2, 0.25) is 10.0 Å². The highest BCUT2D eigenvalue weighted by Crippen LogP contribution is 2.34. The van der Waals surface area contributed by atoms with Crippen molar-refractivity contribution in [2.45, 2.75) is 24.2 Å². The van der Waals surface area contributed by atoms with Crippen molar-refractivity contribution < 1.29 is 22.7 Å². The monoisotopic (exact) mass is 498 g/mol. The van der Waals surface area contributed by atoms with Crippen molar-refractivity contribution in [2.75, 3.05) is 44.3 Å². The number of rotatable bonds is 5. The first-order valence-electron chi connectivity index (χ1n) is 10.5. The maximum absolute atomic E-state index is 13.2. The lowest BCUT2D eigenvalue weighted by Crippen LogP contribution is -2.38. The highest BCUT2D eigenvalue weighted by atomic mass is 35.5. The first-order chi connectivity index (χ1) is 15.4. The van der Waals surface area contributed by atoms with Crippen LogP contribution in [0.2, 0.25) is 10.0 Å². The van der Waals surface area contributed by atoms with Gasteiger partial charge in [-0.3, -0.25) is 0 Å². The van der Waals surface area contributed by atoms with Crippen LogP contribution in [0.15, 0.2) is 41.3 Å². The van der Waals surface area contributed by atoms with Crippen LogP contribution in [0.25, 0.3) is 0 Å². The summed E-state index contributed by atoms with van der Waals surface area (Å²) < 4.78 is 38.8. The molecule has 0 aromatic heterocycles. The van der Waals surface area contributed by atoms with Crippen molar-refractivity contribution in [3.63, 3.8) is 0 Å². The normalized spacial score (nSPS) is 17.9. The number of hydrogen-bond donors (Lipinski definition) is 0. The average Bonchev–Trinajstić information content (AvgIpc) is 2.82. The summed E-state index contributed by atoms with van der Waals surface area (Å²) in [6, 6.07) is 9.36. The van der Waals surface area contributed by atoms with Gasteiger partial charge in [-0.1, -0.05) is 35.7 Å². The number of nitrogens with zero attached hydrogens (tertiary/aromatic N) is 2. The third-order valence-corrected chi connectivity index (χ3v) is 8.31. The van der Waals surface area contributed by atoms with Gasteiger partial charge in [0, 0.05) is 26.2 Å². The van der Waals surface area contributed by atoms with Gasteiger partial charge in [-0.2, -0.15) is 4.31 Å². The number of carbonyl (C=O) groups excluding carboxylic acids is 1. The largest absolute Gasteiger partial charge is 0.421 e. The number of esters is 1. The molecule has 2 aromatic carbocycles. The number of benzene rings is 2. The number of morpholine rings is 1. The Morgan fingerprint density at radius 2 is 1.69 bits per heavy atom. The molecule has 2 fully saturated rings. The smallest absolute Gasteiger partial charge is 0.345 e. The second-order valence-corrected chi connectivity index (χ2v) is 10.4. The van der Waals surface area contributed by atoms with Crippen LogP contribution >= 0.6 is 23.2 Å². The molecule has 7 nitrogen and oxygen atoms in total. The van der Waals surface area contributed by atoms with Crippen molar-refractivity contribution in [1.29, 1.82) is 0 Å². The molecule has 4 rings (SSSR count). The molecule has 0 radical (unpaired) electrons. The van der Waals surface area contributed by atoms with Crippen LogP contribution in [-0.4, -0.2) is 58.1 Å². The predicted octanol–water partition coefficient (Wildman–Crippen LogP) is 4.22. The van der Waals surface area contributed by atoms with Gasteiger partial charge in [-0.05, 0) is 43.2 Å². The van der Waals surface area contributed by atoms with Crippen LogP contribution in [-0.2, 0) is 14.8 Å². The average molecular weight is 499 g/mol. The van der Waals surface area contributed by atoms with E-state index in [9.17, 15) is 13.2 Å². The fourth-order valence-electron chi connectivity index (χ4n) is 3.89. The molecule has 2 heterocycles. The highest BCUT2D eigenvalue weighted by molar-refractivity contribution is 7.89. The van der Waals surface area contributed by atoms with Crippen LogP contribution in [0.4, 0.5) is 5.69 Å².